The molecular formula is C20H21N5O2. The van der Waals surface area contributed by atoms with Crippen molar-refractivity contribution in [2.75, 3.05) is 36.4 Å². The summed E-state index contributed by atoms with van der Waals surface area (Å²) in [4.78, 5) is 25.1. The smallest absolute Gasteiger partial charge is 0.289 e. The largest absolute Gasteiger partial charge is 0.459 e. The molecule has 4 rings (SSSR count). The number of rotatable bonds is 4. The molecule has 7 nitrogen and oxygen atoms in total. The maximum atomic E-state index is 12.4. The number of carbonyl (C=O) groups excluding carboxylic acids is 1. The minimum absolute atomic E-state index is 0.0655. The summed E-state index contributed by atoms with van der Waals surface area (Å²) in [5.41, 5.74) is 2.18. The molecule has 1 fully saturated rings. The van der Waals surface area contributed by atoms with Gasteiger partial charge in [-0.3, -0.25) is 4.79 Å². The number of nitrogens with zero attached hydrogens (tertiary/aromatic N) is 4. The minimum Gasteiger partial charge on any atom is -0.459 e. The third-order valence-electron chi connectivity index (χ3n) is 4.68. The molecule has 1 amide bonds. The first-order valence-electron chi connectivity index (χ1n) is 8.93. The number of aromatic nitrogens is 2. The van der Waals surface area contributed by atoms with Crippen molar-refractivity contribution in [1.82, 2.24) is 14.9 Å². The van der Waals surface area contributed by atoms with Gasteiger partial charge in [0.25, 0.3) is 5.91 Å². The fourth-order valence-corrected chi connectivity index (χ4v) is 3.13. The van der Waals surface area contributed by atoms with Gasteiger partial charge in [0.05, 0.1) is 6.26 Å². The summed E-state index contributed by atoms with van der Waals surface area (Å²) in [5.74, 6) is 1.93. The highest BCUT2D eigenvalue weighted by atomic mass is 16.3. The van der Waals surface area contributed by atoms with Gasteiger partial charge >= 0.3 is 0 Å². The number of nitrogens with one attached hydrogen (secondary N) is 1. The van der Waals surface area contributed by atoms with E-state index >= 15 is 0 Å². The van der Waals surface area contributed by atoms with E-state index in [2.05, 4.69) is 33.2 Å². The molecule has 3 heterocycles. The lowest BCUT2D eigenvalue weighted by Crippen LogP contribution is -2.49. The van der Waals surface area contributed by atoms with Crippen molar-refractivity contribution in [2.24, 2.45) is 0 Å². The highest BCUT2D eigenvalue weighted by molar-refractivity contribution is 5.91. The highest BCUT2D eigenvalue weighted by Crippen LogP contribution is 2.22. The number of hydrogen-bond donors (Lipinski definition) is 1. The topological polar surface area (TPSA) is 74.5 Å². The van der Waals surface area contributed by atoms with Gasteiger partial charge in [0.15, 0.2) is 5.76 Å². The van der Waals surface area contributed by atoms with Crippen molar-refractivity contribution in [3.63, 3.8) is 0 Å². The second-order valence-corrected chi connectivity index (χ2v) is 6.46. The molecule has 0 bridgehead atoms. The molecule has 1 aromatic carbocycles. The van der Waals surface area contributed by atoms with Crippen LogP contribution in [0.2, 0.25) is 0 Å². The van der Waals surface area contributed by atoms with Crippen LogP contribution in [0.4, 0.5) is 17.3 Å². The van der Waals surface area contributed by atoms with Crippen LogP contribution >= 0.6 is 0 Å². The Morgan fingerprint density at radius 1 is 1.07 bits per heavy atom. The fraction of sp³-hybridized carbons (Fsp3) is 0.250. The summed E-state index contributed by atoms with van der Waals surface area (Å²) in [5, 5.41) is 3.34. The molecule has 1 saturated heterocycles. The Hall–Kier alpha value is -3.35. The maximum absolute atomic E-state index is 12.4. The Labute approximate surface area is 157 Å². The van der Waals surface area contributed by atoms with E-state index in [9.17, 15) is 4.79 Å². The van der Waals surface area contributed by atoms with Gasteiger partial charge in [-0.1, -0.05) is 18.2 Å². The standard InChI is InChI=1S/C20H21N5O2/c1-15-5-2-3-6-16(15)23-18-13-19(22-14-21-18)24-8-10-25(11-9-24)20(26)17-7-4-12-27-17/h2-7,12-14H,8-11H2,1H3,(H,21,22,23). The highest BCUT2D eigenvalue weighted by Gasteiger charge is 2.24. The van der Waals surface area contributed by atoms with Gasteiger partial charge in [-0.15, -0.1) is 0 Å². The van der Waals surface area contributed by atoms with Gasteiger partial charge in [0.1, 0.15) is 18.0 Å². The van der Waals surface area contributed by atoms with Crippen molar-refractivity contribution in [2.45, 2.75) is 6.92 Å². The number of piperazine rings is 1. The molecular weight excluding hydrogens is 342 g/mol. The summed E-state index contributed by atoms with van der Waals surface area (Å²) in [6, 6.07) is 13.4. The first-order chi connectivity index (χ1) is 13.2. The first kappa shape index (κ1) is 17.1. The minimum atomic E-state index is -0.0655. The van der Waals surface area contributed by atoms with Crippen molar-refractivity contribution in [1.29, 1.82) is 0 Å². The summed E-state index contributed by atoms with van der Waals surface area (Å²) in [7, 11) is 0. The number of aryl methyl sites for hydroxylation is 1. The predicted molar refractivity (Wildman–Crippen MR) is 103 cm³/mol. The molecule has 138 valence electrons. The van der Waals surface area contributed by atoms with Crippen LogP contribution in [-0.2, 0) is 0 Å². The van der Waals surface area contributed by atoms with Crippen molar-refractivity contribution in [3.8, 4) is 0 Å². The van der Waals surface area contributed by atoms with Crippen LogP contribution in [0.25, 0.3) is 0 Å². The Morgan fingerprint density at radius 2 is 1.89 bits per heavy atom. The summed E-state index contributed by atoms with van der Waals surface area (Å²) in [6.07, 6.45) is 3.09. The fourth-order valence-electron chi connectivity index (χ4n) is 3.13. The summed E-state index contributed by atoms with van der Waals surface area (Å²) in [6.45, 7) is 4.74. The van der Waals surface area contributed by atoms with E-state index in [1.54, 1.807) is 18.5 Å². The van der Waals surface area contributed by atoms with E-state index in [0.29, 0.717) is 31.9 Å². The molecule has 0 saturated carbocycles. The number of benzene rings is 1. The van der Waals surface area contributed by atoms with Gasteiger partial charge in [0.2, 0.25) is 0 Å². The predicted octanol–water partition coefficient (Wildman–Crippen LogP) is 3.08. The normalized spacial score (nSPS) is 14.3. The van der Waals surface area contributed by atoms with E-state index < -0.39 is 0 Å². The Balaban J connectivity index is 1.41. The Kier molecular flexibility index (Phi) is 4.74. The van der Waals surface area contributed by atoms with Crippen LogP contribution in [0.3, 0.4) is 0 Å². The van der Waals surface area contributed by atoms with Gasteiger partial charge in [-0.05, 0) is 30.7 Å². The average molecular weight is 363 g/mol. The summed E-state index contributed by atoms with van der Waals surface area (Å²) >= 11 is 0. The molecule has 1 aliphatic heterocycles. The van der Waals surface area contributed by atoms with Gasteiger partial charge < -0.3 is 19.5 Å². The second-order valence-electron chi connectivity index (χ2n) is 6.46. The van der Waals surface area contributed by atoms with Crippen molar-refractivity contribution >= 4 is 23.2 Å². The van der Waals surface area contributed by atoms with Crippen LogP contribution in [0.1, 0.15) is 16.1 Å². The molecule has 1 N–H and O–H groups in total. The third kappa shape index (κ3) is 3.76. The zero-order chi connectivity index (χ0) is 18.6. The van der Waals surface area contributed by atoms with Gasteiger partial charge in [0, 0.05) is 37.9 Å². The van der Waals surface area contributed by atoms with E-state index in [0.717, 1.165) is 22.9 Å². The first-order valence-corrected chi connectivity index (χ1v) is 8.93. The quantitative estimate of drug-likeness (QED) is 0.768. The zero-order valence-corrected chi connectivity index (χ0v) is 15.1. The number of anilines is 3. The van der Waals surface area contributed by atoms with Crippen LogP contribution in [0.15, 0.2) is 59.5 Å². The number of para-hydroxylation sites is 1. The van der Waals surface area contributed by atoms with Crippen LogP contribution in [0, 0.1) is 6.92 Å². The average Bonchev–Trinajstić information content (AvgIpc) is 3.24. The third-order valence-corrected chi connectivity index (χ3v) is 4.68. The molecule has 0 unspecified atom stereocenters. The van der Waals surface area contributed by atoms with Crippen LogP contribution in [0.5, 0.6) is 0 Å². The van der Waals surface area contributed by atoms with E-state index in [-0.39, 0.29) is 5.91 Å². The lowest BCUT2D eigenvalue weighted by Gasteiger charge is -2.35. The summed E-state index contributed by atoms with van der Waals surface area (Å²) < 4.78 is 5.21. The molecule has 27 heavy (non-hydrogen) atoms. The molecule has 2 aromatic heterocycles. The molecule has 3 aromatic rings. The lowest BCUT2D eigenvalue weighted by molar-refractivity contribution is 0.0714. The Bertz CT molecular complexity index is 918. The van der Waals surface area contributed by atoms with Gasteiger partial charge in [-0.25, -0.2) is 9.97 Å². The maximum Gasteiger partial charge on any atom is 0.289 e. The van der Waals surface area contributed by atoms with Crippen molar-refractivity contribution in [3.05, 3.63) is 66.4 Å². The number of carbonyl (C=O) groups is 1. The second kappa shape index (κ2) is 7.49. The monoisotopic (exact) mass is 363 g/mol. The van der Waals surface area contributed by atoms with Crippen LogP contribution < -0.4 is 10.2 Å². The van der Waals surface area contributed by atoms with E-state index in [4.69, 9.17) is 4.42 Å². The molecule has 0 radical (unpaired) electrons. The van der Waals surface area contributed by atoms with E-state index in [1.165, 1.54) is 6.26 Å². The SMILES string of the molecule is Cc1ccccc1Nc1cc(N2CCN(C(=O)c3ccco3)CC2)ncn1. The van der Waals surface area contributed by atoms with Gasteiger partial charge in [-0.2, -0.15) is 0 Å². The number of hydrogen-bond acceptors (Lipinski definition) is 6. The lowest BCUT2D eigenvalue weighted by atomic mass is 10.2. The Morgan fingerprint density at radius 3 is 2.63 bits per heavy atom. The molecule has 1 aliphatic rings. The van der Waals surface area contributed by atoms with Crippen LogP contribution in [-0.4, -0.2) is 47.0 Å². The number of furan rings is 1. The zero-order valence-electron chi connectivity index (χ0n) is 15.1. The molecule has 0 aliphatic carbocycles. The molecule has 0 atom stereocenters. The van der Waals surface area contributed by atoms with Crippen molar-refractivity contribution < 1.29 is 9.21 Å². The van der Waals surface area contributed by atoms with E-state index in [1.807, 2.05) is 29.2 Å². The molecule has 0 spiro atoms. The molecule has 7 heteroatoms. The number of amides is 1.